The molecule has 2 fully saturated rings. The molecule has 132 valence electrons. The minimum atomic E-state index is -0.284. The molecule has 6 nitrogen and oxygen atoms in total. The molecule has 6 heteroatoms. The van der Waals surface area contributed by atoms with Crippen LogP contribution in [-0.4, -0.2) is 47.2 Å². The summed E-state index contributed by atoms with van der Waals surface area (Å²) >= 11 is 0. The van der Waals surface area contributed by atoms with E-state index in [0.29, 0.717) is 31.0 Å². The molecular formula is C19H22N2O4. The van der Waals surface area contributed by atoms with Gasteiger partial charge in [-0.15, -0.1) is 0 Å². The van der Waals surface area contributed by atoms with E-state index in [4.69, 9.17) is 13.9 Å². The van der Waals surface area contributed by atoms with E-state index in [2.05, 4.69) is 4.98 Å². The maximum absolute atomic E-state index is 12.6. The van der Waals surface area contributed by atoms with Crippen LogP contribution >= 0.6 is 0 Å². The average molecular weight is 342 g/mol. The fourth-order valence-corrected chi connectivity index (χ4v) is 3.72. The Morgan fingerprint density at radius 1 is 1.40 bits per heavy atom. The van der Waals surface area contributed by atoms with Crippen LogP contribution in [0.3, 0.4) is 0 Å². The predicted octanol–water partition coefficient (Wildman–Crippen LogP) is 2.74. The Bertz CT molecular complexity index is 765. The SMILES string of the molecule is Cc1cc(C(=O)N2CC3(CC(Oc4cccnc4)CCO3)C2)c(C)o1. The van der Waals surface area contributed by atoms with Gasteiger partial charge in [-0.05, 0) is 32.0 Å². The lowest BCUT2D eigenvalue weighted by Gasteiger charge is -2.52. The van der Waals surface area contributed by atoms with Crippen molar-refractivity contribution in [1.29, 1.82) is 0 Å². The van der Waals surface area contributed by atoms with Gasteiger partial charge in [0.2, 0.25) is 0 Å². The Morgan fingerprint density at radius 2 is 2.24 bits per heavy atom. The van der Waals surface area contributed by atoms with Gasteiger partial charge >= 0.3 is 0 Å². The lowest BCUT2D eigenvalue weighted by molar-refractivity contribution is -0.173. The van der Waals surface area contributed by atoms with Crippen molar-refractivity contribution >= 4 is 5.91 Å². The monoisotopic (exact) mass is 342 g/mol. The topological polar surface area (TPSA) is 64.8 Å². The van der Waals surface area contributed by atoms with Crippen LogP contribution in [0.1, 0.15) is 34.7 Å². The highest BCUT2D eigenvalue weighted by molar-refractivity contribution is 5.96. The summed E-state index contributed by atoms with van der Waals surface area (Å²) in [4.78, 5) is 18.5. The molecule has 2 aliphatic rings. The second-order valence-corrected chi connectivity index (χ2v) is 6.94. The normalized spacial score (nSPS) is 21.8. The third-order valence-electron chi connectivity index (χ3n) is 4.90. The first-order chi connectivity index (χ1) is 12.0. The van der Waals surface area contributed by atoms with E-state index in [9.17, 15) is 4.79 Å². The first-order valence-corrected chi connectivity index (χ1v) is 8.62. The van der Waals surface area contributed by atoms with Crippen LogP contribution in [0.4, 0.5) is 0 Å². The minimum absolute atomic E-state index is 0.0128. The smallest absolute Gasteiger partial charge is 0.257 e. The number of aryl methyl sites for hydroxylation is 2. The van der Waals surface area contributed by atoms with Gasteiger partial charge < -0.3 is 18.8 Å². The molecule has 1 amide bonds. The molecule has 2 aromatic rings. The molecule has 1 atom stereocenters. The summed E-state index contributed by atoms with van der Waals surface area (Å²) in [5.41, 5.74) is 0.360. The molecule has 0 N–H and O–H groups in total. The van der Waals surface area contributed by atoms with Crippen LogP contribution in [0.2, 0.25) is 0 Å². The van der Waals surface area contributed by atoms with Crippen molar-refractivity contribution in [3.63, 3.8) is 0 Å². The summed E-state index contributed by atoms with van der Waals surface area (Å²) in [5, 5.41) is 0. The number of aromatic nitrogens is 1. The zero-order valence-electron chi connectivity index (χ0n) is 14.5. The van der Waals surface area contributed by atoms with Crippen molar-refractivity contribution in [2.24, 2.45) is 0 Å². The Hall–Kier alpha value is -2.34. The molecule has 25 heavy (non-hydrogen) atoms. The Balaban J connectivity index is 1.38. The van der Waals surface area contributed by atoms with Crippen molar-refractivity contribution in [2.75, 3.05) is 19.7 Å². The maximum atomic E-state index is 12.6. The number of hydrogen-bond acceptors (Lipinski definition) is 5. The van der Waals surface area contributed by atoms with Gasteiger partial charge in [0, 0.05) is 19.0 Å². The Kier molecular flexibility index (Phi) is 4.00. The van der Waals surface area contributed by atoms with Gasteiger partial charge in [0.1, 0.15) is 29.0 Å². The second kappa shape index (κ2) is 6.19. The van der Waals surface area contributed by atoms with Crippen molar-refractivity contribution in [1.82, 2.24) is 9.88 Å². The number of pyridine rings is 1. The molecule has 4 rings (SSSR count). The van der Waals surface area contributed by atoms with Gasteiger partial charge in [-0.25, -0.2) is 0 Å². The zero-order valence-corrected chi connectivity index (χ0v) is 14.5. The highest BCUT2D eigenvalue weighted by atomic mass is 16.5. The number of furan rings is 1. The summed E-state index contributed by atoms with van der Waals surface area (Å²) in [7, 11) is 0. The van der Waals surface area contributed by atoms with Crippen molar-refractivity contribution in [3.8, 4) is 5.75 Å². The first kappa shape index (κ1) is 16.1. The standard InChI is InChI=1S/C19H22N2O4/c1-13-8-17(14(2)24-13)18(22)21-11-19(12-21)9-15(5-7-23-19)25-16-4-3-6-20-10-16/h3-4,6,8,10,15H,5,7,9,11-12H2,1-2H3. The fraction of sp³-hybridized carbons (Fsp3) is 0.474. The van der Waals surface area contributed by atoms with Crippen molar-refractivity contribution in [3.05, 3.63) is 47.7 Å². The van der Waals surface area contributed by atoms with Gasteiger partial charge in [0.25, 0.3) is 5.91 Å². The van der Waals surface area contributed by atoms with Crippen LogP contribution in [0, 0.1) is 13.8 Å². The third kappa shape index (κ3) is 3.14. The van der Waals surface area contributed by atoms with Crippen LogP contribution < -0.4 is 4.74 Å². The summed E-state index contributed by atoms with van der Waals surface area (Å²) in [6.45, 7) is 5.53. The number of carbonyl (C=O) groups excluding carboxylic acids is 1. The van der Waals surface area contributed by atoms with E-state index in [-0.39, 0.29) is 17.6 Å². The van der Waals surface area contributed by atoms with E-state index in [1.807, 2.05) is 30.9 Å². The molecule has 2 aromatic heterocycles. The number of carbonyl (C=O) groups is 1. The molecular weight excluding hydrogens is 320 g/mol. The third-order valence-corrected chi connectivity index (χ3v) is 4.90. The van der Waals surface area contributed by atoms with Crippen molar-refractivity contribution < 1.29 is 18.7 Å². The van der Waals surface area contributed by atoms with Crippen LogP contribution in [0.5, 0.6) is 5.75 Å². The highest BCUT2D eigenvalue weighted by Crippen LogP contribution is 2.36. The number of rotatable bonds is 3. The Labute approximate surface area is 146 Å². The quantitative estimate of drug-likeness (QED) is 0.858. The largest absolute Gasteiger partial charge is 0.489 e. The predicted molar refractivity (Wildman–Crippen MR) is 90.7 cm³/mol. The van der Waals surface area contributed by atoms with Crippen LogP contribution in [0.25, 0.3) is 0 Å². The summed E-state index contributed by atoms with van der Waals surface area (Å²) in [6, 6.07) is 5.58. The molecule has 4 heterocycles. The van der Waals surface area contributed by atoms with Gasteiger partial charge in [-0.3, -0.25) is 9.78 Å². The lowest BCUT2D eigenvalue weighted by atomic mass is 9.84. The summed E-state index contributed by atoms with van der Waals surface area (Å²) < 4.78 is 17.5. The lowest BCUT2D eigenvalue weighted by Crippen LogP contribution is -2.67. The molecule has 1 unspecified atom stereocenters. The fourth-order valence-electron chi connectivity index (χ4n) is 3.72. The molecule has 0 aromatic carbocycles. The molecule has 0 saturated carbocycles. The molecule has 1 spiro atoms. The minimum Gasteiger partial charge on any atom is -0.489 e. The second-order valence-electron chi connectivity index (χ2n) is 6.94. The van der Waals surface area contributed by atoms with E-state index >= 15 is 0 Å². The van der Waals surface area contributed by atoms with Crippen molar-refractivity contribution in [2.45, 2.75) is 38.4 Å². The molecule has 0 bridgehead atoms. The van der Waals surface area contributed by atoms with Gasteiger partial charge in [-0.1, -0.05) is 0 Å². The Morgan fingerprint density at radius 3 is 2.92 bits per heavy atom. The number of likely N-dealkylation sites (tertiary alicyclic amines) is 1. The maximum Gasteiger partial charge on any atom is 0.257 e. The van der Waals surface area contributed by atoms with Gasteiger partial charge in [0.05, 0.1) is 31.5 Å². The first-order valence-electron chi connectivity index (χ1n) is 8.62. The zero-order chi connectivity index (χ0) is 17.4. The van der Waals surface area contributed by atoms with E-state index in [1.54, 1.807) is 18.5 Å². The number of ether oxygens (including phenoxy) is 2. The molecule has 0 aliphatic carbocycles. The molecule has 2 saturated heterocycles. The molecule has 2 aliphatic heterocycles. The van der Waals surface area contributed by atoms with Gasteiger partial charge in [0.15, 0.2) is 0 Å². The summed E-state index contributed by atoms with van der Waals surface area (Å²) in [5.74, 6) is 2.22. The van der Waals surface area contributed by atoms with E-state index < -0.39 is 0 Å². The van der Waals surface area contributed by atoms with Crippen LogP contribution in [-0.2, 0) is 4.74 Å². The number of amides is 1. The summed E-state index contributed by atoms with van der Waals surface area (Å²) in [6.07, 6.45) is 5.18. The molecule has 0 radical (unpaired) electrons. The average Bonchev–Trinajstić information content (AvgIpc) is 2.91. The highest BCUT2D eigenvalue weighted by Gasteiger charge is 2.50. The van der Waals surface area contributed by atoms with Gasteiger partial charge in [-0.2, -0.15) is 0 Å². The van der Waals surface area contributed by atoms with Crippen LogP contribution in [0.15, 0.2) is 35.0 Å². The van der Waals surface area contributed by atoms with E-state index in [1.165, 1.54) is 0 Å². The number of nitrogens with zero attached hydrogens (tertiary/aromatic N) is 2. The number of hydrogen-bond donors (Lipinski definition) is 0. The van der Waals surface area contributed by atoms with E-state index in [0.717, 1.165) is 24.4 Å².